The van der Waals surface area contributed by atoms with Crippen molar-refractivity contribution in [1.29, 1.82) is 0 Å². The number of rotatable bonds is 5. The zero-order valence-corrected chi connectivity index (χ0v) is 23.6. The molecule has 3 amide bonds. The molecule has 0 unspecified atom stereocenters. The number of carbonyl (C=O) groups excluding carboxylic acids is 3. The van der Waals surface area contributed by atoms with Gasteiger partial charge in [-0.15, -0.1) is 0 Å². The number of hydrogen-bond donors (Lipinski definition) is 6. The third-order valence-electron chi connectivity index (χ3n) is 4.83. The first kappa shape index (κ1) is 27.9. The van der Waals surface area contributed by atoms with Gasteiger partial charge in [-0.3, -0.25) is 14.4 Å². The van der Waals surface area contributed by atoms with Gasteiger partial charge in [-0.25, -0.2) is 0 Å². The molecule has 1 aliphatic heterocycles. The number of amides is 3. The van der Waals surface area contributed by atoms with Crippen molar-refractivity contribution >= 4 is 96.9 Å². The van der Waals surface area contributed by atoms with Crippen LogP contribution in [0, 0.1) is 10.7 Å². The van der Waals surface area contributed by atoms with E-state index in [0.29, 0.717) is 22.1 Å². The number of aliphatic hydroxyl groups is 4. The average molecular weight is 789 g/mol. The molecule has 14 heteroatoms. The molecule has 0 bridgehead atoms. The van der Waals surface area contributed by atoms with E-state index in [1.807, 2.05) is 67.8 Å². The Labute approximate surface area is 224 Å². The standard InChI is InChI=1S/C18H22I3N3O8/c1-5(26)22-12-9(19)8(10(20)14(11(12)21)24(3)6(2)27)17(30)23-13-16(29)15(28)7(4-25)32-18(13)31/h7,13,15-16,18,25,28-29,31H,4H2,1-3H3,(H,22,26)(H,23,30)/t7-,13-,15+,16+,18+/m0/s1. The smallest absolute Gasteiger partial charge is 0.254 e. The molecule has 2 rings (SSSR count). The van der Waals surface area contributed by atoms with E-state index in [0.717, 1.165) is 0 Å². The van der Waals surface area contributed by atoms with Gasteiger partial charge in [-0.05, 0) is 67.8 Å². The minimum Gasteiger partial charge on any atom is -0.394 e. The van der Waals surface area contributed by atoms with Crippen molar-refractivity contribution in [1.82, 2.24) is 5.32 Å². The zero-order chi connectivity index (χ0) is 24.5. The monoisotopic (exact) mass is 789 g/mol. The maximum atomic E-state index is 13.2. The van der Waals surface area contributed by atoms with Crippen LogP contribution in [0.3, 0.4) is 0 Å². The molecule has 6 N–H and O–H groups in total. The number of nitrogens with one attached hydrogen (secondary N) is 2. The van der Waals surface area contributed by atoms with Crippen molar-refractivity contribution in [2.45, 2.75) is 44.5 Å². The molecule has 178 valence electrons. The summed E-state index contributed by atoms with van der Waals surface area (Å²) in [6.07, 6.45) is -6.07. The summed E-state index contributed by atoms with van der Waals surface area (Å²) in [6, 6.07) is -1.40. The van der Waals surface area contributed by atoms with E-state index >= 15 is 0 Å². The van der Waals surface area contributed by atoms with Gasteiger partial charge >= 0.3 is 0 Å². The Morgan fingerprint density at radius 1 is 1.03 bits per heavy atom. The molecule has 0 saturated carbocycles. The highest BCUT2D eigenvalue weighted by atomic mass is 127. The van der Waals surface area contributed by atoms with Gasteiger partial charge in [-0.2, -0.15) is 0 Å². The summed E-state index contributed by atoms with van der Waals surface area (Å²) in [5, 5.41) is 45.0. The number of hydrogen-bond acceptors (Lipinski definition) is 8. The van der Waals surface area contributed by atoms with E-state index in [1.165, 1.54) is 25.8 Å². The van der Waals surface area contributed by atoms with Crippen molar-refractivity contribution in [2.24, 2.45) is 0 Å². The fraction of sp³-hybridized carbons (Fsp3) is 0.500. The molecule has 0 spiro atoms. The van der Waals surface area contributed by atoms with E-state index in [9.17, 15) is 34.8 Å². The fourth-order valence-corrected chi connectivity index (χ4v) is 7.71. The lowest BCUT2D eigenvalue weighted by molar-refractivity contribution is -0.252. The number of carbonyl (C=O) groups is 3. The summed E-state index contributed by atoms with van der Waals surface area (Å²) in [4.78, 5) is 38.4. The van der Waals surface area contributed by atoms with Crippen LogP contribution in [0.5, 0.6) is 0 Å². The third-order valence-corrected chi connectivity index (χ3v) is 8.01. The van der Waals surface area contributed by atoms with Crippen LogP contribution in [0.1, 0.15) is 24.2 Å². The number of halogens is 3. The number of ether oxygens (including phenoxy) is 1. The fourth-order valence-electron chi connectivity index (χ4n) is 3.06. The lowest BCUT2D eigenvalue weighted by atomic mass is 9.96. The molecule has 32 heavy (non-hydrogen) atoms. The van der Waals surface area contributed by atoms with E-state index in [-0.39, 0.29) is 17.4 Å². The van der Waals surface area contributed by atoms with Gasteiger partial charge in [0.25, 0.3) is 5.91 Å². The molecule has 1 heterocycles. The van der Waals surface area contributed by atoms with Crippen LogP contribution in [0.2, 0.25) is 0 Å². The molecule has 1 fully saturated rings. The SMILES string of the molecule is CC(=O)Nc1c(I)c(C(=O)N[C@H]2[C@@H](O)[C@H](O)[C@H](CO)O[C@H]2O)c(I)c(N(C)C(C)=O)c1I. The second-order valence-corrected chi connectivity index (χ2v) is 10.3. The first-order valence-electron chi connectivity index (χ1n) is 9.17. The Bertz CT molecular complexity index is 931. The number of benzene rings is 1. The average Bonchev–Trinajstić information content (AvgIpc) is 2.70. The van der Waals surface area contributed by atoms with Crippen molar-refractivity contribution in [3.8, 4) is 0 Å². The quantitative estimate of drug-likeness (QED) is 0.227. The Kier molecular flexibility index (Phi) is 9.89. The zero-order valence-electron chi connectivity index (χ0n) is 17.1. The van der Waals surface area contributed by atoms with Gasteiger partial charge in [0.05, 0.1) is 34.3 Å². The largest absolute Gasteiger partial charge is 0.394 e. The minimum absolute atomic E-state index is 0.0941. The topological polar surface area (TPSA) is 169 Å². The van der Waals surface area contributed by atoms with E-state index in [1.54, 1.807) is 0 Å². The van der Waals surface area contributed by atoms with Gasteiger partial charge in [0.2, 0.25) is 11.8 Å². The van der Waals surface area contributed by atoms with Crippen molar-refractivity contribution in [2.75, 3.05) is 23.9 Å². The van der Waals surface area contributed by atoms with E-state index in [4.69, 9.17) is 4.74 Å². The van der Waals surface area contributed by atoms with Crippen LogP contribution in [-0.4, -0.2) is 82.4 Å². The van der Waals surface area contributed by atoms with Crippen molar-refractivity contribution in [3.63, 3.8) is 0 Å². The summed E-state index contributed by atoms with van der Waals surface area (Å²) >= 11 is 5.78. The van der Waals surface area contributed by atoms with Gasteiger partial charge in [0.1, 0.15) is 24.4 Å². The number of aliphatic hydroxyl groups excluding tert-OH is 4. The van der Waals surface area contributed by atoms with Crippen LogP contribution in [0.4, 0.5) is 11.4 Å². The van der Waals surface area contributed by atoms with Gasteiger partial charge in [-0.1, -0.05) is 0 Å². The summed E-state index contributed by atoms with van der Waals surface area (Å²) in [6.45, 7) is 2.03. The molecule has 1 saturated heterocycles. The molecular formula is C18H22I3N3O8. The first-order valence-corrected chi connectivity index (χ1v) is 12.4. The van der Waals surface area contributed by atoms with Crippen LogP contribution in [0.15, 0.2) is 0 Å². The van der Waals surface area contributed by atoms with Crippen LogP contribution < -0.4 is 15.5 Å². The maximum absolute atomic E-state index is 13.2. The predicted molar refractivity (Wildman–Crippen MR) is 139 cm³/mol. The van der Waals surface area contributed by atoms with Gasteiger partial charge in [0.15, 0.2) is 6.29 Å². The second kappa shape index (κ2) is 11.4. The van der Waals surface area contributed by atoms with E-state index < -0.39 is 43.2 Å². The number of anilines is 2. The molecule has 1 aliphatic rings. The summed E-state index contributed by atoms with van der Waals surface area (Å²) in [5.74, 6) is -1.41. The molecule has 1 aromatic rings. The third kappa shape index (κ3) is 5.63. The predicted octanol–water partition coefficient (Wildman–Crippen LogP) is -0.0288. The molecule has 5 atom stereocenters. The highest BCUT2D eigenvalue weighted by Gasteiger charge is 2.44. The highest BCUT2D eigenvalue weighted by Crippen LogP contribution is 2.40. The van der Waals surface area contributed by atoms with Gasteiger partial charge in [0, 0.05) is 20.9 Å². The van der Waals surface area contributed by atoms with Crippen LogP contribution in [-0.2, 0) is 14.3 Å². The first-order chi connectivity index (χ1) is 14.8. The summed E-state index contributed by atoms with van der Waals surface area (Å²) < 4.78 is 6.40. The summed E-state index contributed by atoms with van der Waals surface area (Å²) in [7, 11) is 1.53. The molecule has 1 aromatic carbocycles. The molecular weight excluding hydrogens is 767 g/mol. The summed E-state index contributed by atoms with van der Waals surface area (Å²) in [5.41, 5.74) is 0.819. The highest BCUT2D eigenvalue weighted by molar-refractivity contribution is 14.1. The maximum Gasteiger partial charge on any atom is 0.254 e. The molecule has 0 aromatic heterocycles. The van der Waals surface area contributed by atoms with Crippen LogP contribution >= 0.6 is 67.8 Å². The van der Waals surface area contributed by atoms with E-state index in [2.05, 4.69) is 10.6 Å². The Hall–Kier alpha value is -0.380. The lowest BCUT2D eigenvalue weighted by Gasteiger charge is -2.40. The van der Waals surface area contributed by atoms with Gasteiger partial charge < -0.3 is 40.7 Å². The number of nitrogens with zero attached hydrogens (tertiary/aromatic N) is 1. The molecule has 0 aliphatic carbocycles. The van der Waals surface area contributed by atoms with Crippen molar-refractivity contribution in [3.05, 3.63) is 16.3 Å². The molecule has 11 nitrogen and oxygen atoms in total. The Morgan fingerprint density at radius 3 is 2.12 bits per heavy atom. The van der Waals surface area contributed by atoms with Crippen LogP contribution in [0.25, 0.3) is 0 Å². The minimum atomic E-state index is -1.69. The van der Waals surface area contributed by atoms with Crippen molar-refractivity contribution < 1.29 is 39.5 Å². The lowest BCUT2D eigenvalue weighted by Crippen LogP contribution is -2.64. The second-order valence-electron chi connectivity index (χ2n) is 7.03. The Balaban J connectivity index is 2.56. The molecule has 0 radical (unpaired) electrons. The Morgan fingerprint density at radius 2 is 1.62 bits per heavy atom. The normalized spacial score (nSPS) is 25.2.